The van der Waals surface area contributed by atoms with Gasteiger partial charge in [-0.15, -0.1) is 11.3 Å². The van der Waals surface area contributed by atoms with Crippen molar-refractivity contribution in [2.75, 3.05) is 20.8 Å². The Morgan fingerprint density at radius 2 is 1.81 bits per heavy atom. The van der Waals surface area contributed by atoms with Crippen LogP contribution in [0.1, 0.15) is 58.4 Å². The number of allylic oxidation sites excluding steroid dienone is 1. The van der Waals surface area contributed by atoms with Gasteiger partial charge in [0, 0.05) is 21.8 Å². The number of esters is 1. The Kier molecular flexibility index (Phi) is 8.42. The molecule has 1 atom stereocenters. The van der Waals surface area contributed by atoms with E-state index >= 15 is 0 Å². The van der Waals surface area contributed by atoms with E-state index in [4.69, 9.17) is 19.2 Å². The molecule has 47 heavy (non-hydrogen) atoms. The maximum absolute atomic E-state index is 14.5. The van der Waals surface area contributed by atoms with Crippen LogP contribution in [0.15, 0.2) is 57.5 Å². The molecule has 0 bridgehead atoms. The highest BCUT2D eigenvalue weighted by Crippen LogP contribution is 2.41. The average molecular weight is 667 g/mol. The zero-order valence-electron chi connectivity index (χ0n) is 27.5. The molecule has 0 unspecified atom stereocenters. The number of aryl methyl sites for hydroxylation is 2. The van der Waals surface area contributed by atoms with Crippen LogP contribution in [0.5, 0.6) is 11.5 Å². The fraction of sp³-hybridized carbons (Fsp3) is 0.278. The highest BCUT2D eigenvalue weighted by Gasteiger charge is 2.36. The van der Waals surface area contributed by atoms with Gasteiger partial charge in [0.25, 0.3) is 5.56 Å². The van der Waals surface area contributed by atoms with Crippen molar-refractivity contribution >= 4 is 45.5 Å². The molecule has 0 amide bonds. The maximum atomic E-state index is 14.5. The first kappa shape index (κ1) is 32.0. The normalized spacial score (nSPS) is 14.6. The highest BCUT2D eigenvalue weighted by atomic mass is 32.1. The number of nitrogens with zero attached hydrogens (tertiary/aromatic N) is 4. The summed E-state index contributed by atoms with van der Waals surface area (Å²) < 4.78 is 21.1. The van der Waals surface area contributed by atoms with Crippen molar-refractivity contribution in [3.8, 4) is 22.6 Å². The van der Waals surface area contributed by atoms with Crippen molar-refractivity contribution in [3.63, 3.8) is 0 Å². The molecule has 3 aromatic heterocycles. The third kappa shape index (κ3) is 5.18. The van der Waals surface area contributed by atoms with Gasteiger partial charge < -0.3 is 18.8 Å². The van der Waals surface area contributed by atoms with E-state index in [0.717, 1.165) is 43.2 Å². The summed E-state index contributed by atoms with van der Waals surface area (Å²) in [5.41, 5.74) is 5.43. The van der Waals surface area contributed by atoms with Crippen molar-refractivity contribution in [2.45, 2.75) is 47.6 Å². The number of ether oxygens (including phenoxy) is 3. The molecule has 5 aromatic rings. The number of hydrogen-bond acceptors (Lipinski definition) is 9. The Morgan fingerprint density at radius 1 is 1.06 bits per heavy atom. The van der Waals surface area contributed by atoms with Crippen molar-refractivity contribution in [1.29, 1.82) is 5.26 Å². The van der Waals surface area contributed by atoms with Crippen LogP contribution in [0.25, 0.3) is 21.8 Å². The molecule has 1 aliphatic heterocycles. The second-order valence-electron chi connectivity index (χ2n) is 11.3. The zero-order chi connectivity index (χ0) is 33.7. The molecule has 1 aliphatic rings. The van der Waals surface area contributed by atoms with Gasteiger partial charge in [-0.1, -0.05) is 23.5 Å². The van der Waals surface area contributed by atoms with E-state index in [1.165, 1.54) is 11.3 Å². The van der Waals surface area contributed by atoms with E-state index < -0.39 is 12.0 Å². The summed E-state index contributed by atoms with van der Waals surface area (Å²) in [5.74, 6) is 0.595. The molecule has 240 valence electrons. The van der Waals surface area contributed by atoms with E-state index in [-0.39, 0.29) is 17.7 Å². The zero-order valence-corrected chi connectivity index (χ0v) is 29.1. The van der Waals surface area contributed by atoms with Crippen molar-refractivity contribution < 1.29 is 19.0 Å². The molecule has 0 N–H and O–H groups in total. The number of carbonyl (C=O) groups is 1. The quantitative estimate of drug-likeness (QED) is 0.200. The lowest BCUT2D eigenvalue weighted by Crippen LogP contribution is -2.40. The summed E-state index contributed by atoms with van der Waals surface area (Å²) >= 11 is 2.85. The molecule has 0 spiro atoms. The first-order valence-corrected chi connectivity index (χ1v) is 16.7. The number of aromatic nitrogens is 2. The van der Waals surface area contributed by atoms with Gasteiger partial charge in [0.2, 0.25) is 0 Å². The lowest BCUT2D eigenvalue weighted by molar-refractivity contribution is -0.139. The fourth-order valence-electron chi connectivity index (χ4n) is 6.24. The Bertz CT molecular complexity index is 2360. The summed E-state index contributed by atoms with van der Waals surface area (Å²) in [5, 5.41) is 12.5. The first-order chi connectivity index (χ1) is 22.5. The van der Waals surface area contributed by atoms with Crippen LogP contribution >= 0.6 is 22.7 Å². The topological polar surface area (TPSA) is 108 Å². The van der Waals surface area contributed by atoms with Crippen molar-refractivity contribution in [2.24, 2.45) is 4.99 Å². The minimum Gasteiger partial charge on any atom is -0.497 e. The number of benzene rings is 2. The smallest absolute Gasteiger partial charge is 0.338 e. The molecule has 0 radical (unpaired) electrons. The van der Waals surface area contributed by atoms with Gasteiger partial charge in [-0.2, -0.15) is 5.26 Å². The molecule has 4 heterocycles. The van der Waals surface area contributed by atoms with Crippen LogP contribution < -0.4 is 24.4 Å². The molecule has 6 rings (SSSR count). The van der Waals surface area contributed by atoms with Gasteiger partial charge in [0.05, 0.1) is 42.2 Å². The maximum Gasteiger partial charge on any atom is 0.338 e. The van der Waals surface area contributed by atoms with Gasteiger partial charge in [-0.3, -0.25) is 9.36 Å². The largest absolute Gasteiger partial charge is 0.497 e. The summed E-state index contributed by atoms with van der Waals surface area (Å²) in [4.78, 5) is 34.4. The summed E-state index contributed by atoms with van der Waals surface area (Å²) in [6.07, 6.45) is 1.87. The molecule has 2 aromatic carbocycles. The Balaban J connectivity index is 1.63. The molecule has 0 fully saturated rings. The summed E-state index contributed by atoms with van der Waals surface area (Å²) in [6.45, 7) is 11.6. The Morgan fingerprint density at radius 3 is 2.49 bits per heavy atom. The summed E-state index contributed by atoms with van der Waals surface area (Å²) in [7, 11) is 3.16. The highest BCUT2D eigenvalue weighted by molar-refractivity contribution is 7.15. The van der Waals surface area contributed by atoms with Crippen LogP contribution in [0.2, 0.25) is 0 Å². The molecule has 0 saturated carbocycles. The average Bonchev–Trinajstić information content (AvgIpc) is 3.62. The number of carbonyl (C=O) groups excluding carboxylic acids is 1. The number of hydrogen-bond donors (Lipinski definition) is 0. The van der Waals surface area contributed by atoms with Gasteiger partial charge in [-0.05, 0) is 93.8 Å². The van der Waals surface area contributed by atoms with Crippen LogP contribution in [-0.4, -0.2) is 35.9 Å². The third-order valence-electron chi connectivity index (χ3n) is 8.68. The molecular formula is C36H34N4O5S2. The van der Waals surface area contributed by atoms with Gasteiger partial charge in [0.1, 0.15) is 28.6 Å². The molecule has 9 nitrogen and oxygen atoms in total. The number of nitriles is 1. The number of thiophene rings is 1. The van der Waals surface area contributed by atoms with E-state index in [2.05, 4.69) is 10.6 Å². The molecule has 0 aliphatic carbocycles. The number of thiazole rings is 1. The second kappa shape index (κ2) is 12.4. The van der Waals surface area contributed by atoms with Gasteiger partial charge in [0.15, 0.2) is 4.80 Å². The van der Waals surface area contributed by atoms with Gasteiger partial charge >= 0.3 is 5.97 Å². The SMILES string of the molecule is CCOC(=O)C1=C(C)N=c2s/c(=C\c3cc(C)n(-c4sc(C)c(C)c4C#N)c3C)c(=O)n2[C@H]1c1c(OC)ccc2ccc(OC)cc12. The van der Waals surface area contributed by atoms with Gasteiger partial charge in [-0.25, -0.2) is 9.79 Å². The van der Waals surface area contributed by atoms with Crippen molar-refractivity contribution in [3.05, 3.63) is 106 Å². The predicted molar refractivity (Wildman–Crippen MR) is 185 cm³/mol. The minimum absolute atomic E-state index is 0.166. The van der Waals surface area contributed by atoms with Crippen LogP contribution in [-0.2, 0) is 9.53 Å². The standard InChI is InChI=1S/C36H34N4O5S2/c1-9-45-35(42)30-20(4)38-36-40(32(30)31-26-16-25(43-7)12-10-23(26)11-13-28(31)44-8)33(41)29(47-36)15-24-14-18(2)39(21(24)5)34-27(17-37)19(3)22(6)46-34/h10-16,32H,9H2,1-8H3/b29-15-/t32-/m1/s1. The predicted octanol–water partition coefficient (Wildman–Crippen LogP) is 5.93. The lowest BCUT2D eigenvalue weighted by atomic mass is 9.90. The van der Waals surface area contributed by atoms with Crippen LogP contribution in [0, 0.1) is 39.0 Å². The molecule has 11 heteroatoms. The number of methoxy groups -OCH3 is 2. The fourth-order valence-corrected chi connectivity index (χ4v) is 8.49. The van der Waals surface area contributed by atoms with E-state index in [0.29, 0.717) is 37.7 Å². The molecule has 0 saturated heterocycles. The van der Waals surface area contributed by atoms with Crippen LogP contribution in [0.3, 0.4) is 0 Å². The van der Waals surface area contributed by atoms with Crippen LogP contribution in [0.4, 0.5) is 0 Å². The first-order valence-electron chi connectivity index (χ1n) is 15.1. The van der Waals surface area contributed by atoms with E-state index in [9.17, 15) is 14.9 Å². The minimum atomic E-state index is -0.874. The number of rotatable bonds is 7. The monoisotopic (exact) mass is 666 g/mol. The third-order valence-corrected chi connectivity index (χ3v) is 10.9. The summed E-state index contributed by atoms with van der Waals surface area (Å²) in [6, 6.07) is 13.0. The second-order valence-corrected chi connectivity index (χ2v) is 13.5. The Hall–Kier alpha value is -4.92. The molecular weight excluding hydrogens is 633 g/mol. The van der Waals surface area contributed by atoms with Crippen molar-refractivity contribution in [1.82, 2.24) is 9.13 Å². The lowest BCUT2D eigenvalue weighted by Gasteiger charge is -2.27. The van der Waals surface area contributed by atoms with E-state index in [1.54, 1.807) is 44.0 Å². The number of fused-ring (bicyclic) bond motifs is 2. The van der Waals surface area contributed by atoms with E-state index in [1.807, 2.05) is 70.2 Å². The Labute approximate surface area is 279 Å².